The topological polar surface area (TPSA) is 64.1 Å². The van der Waals surface area contributed by atoms with Crippen molar-refractivity contribution in [3.05, 3.63) is 29.8 Å². The SMILES string of the molecule is CCCCOCCOCCNC(=NCc1ccccc1OC(F)F)NCC.I. The number of aliphatic imine (C=N–C) groups is 1. The Balaban J connectivity index is 0.00000729. The fraction of sp³-hybridized carbons (Fsp3) is 0.632. The molecule has 0 aliphatic rings. The van der Waals surface area contributed by atoms with Crippen LogP contribution in [-0.4, -0.2) is 52.1 Å². The largest absolute Gasteiger partial charge is 0.434 e. The molecule has 0 aromatic heterocycles. The number of guanidine groups is 1. The van der Waals surface area contributed by atoms with E-state index in [4.69, 9.17) is 9.47 Å². The van der Waals surface area contributed by atoms with Crippen LogP contribution in [-0.2, 0) is 16.0 Å². The molecular formula is C19H32F2IN3O3. The number of hydrogen-bond acceptors (Lipinski definition) is 4. The maximum atomic E-state index is 12.5. The van der Waals surface area contributed by atoms with E-state index >= 15 is 0 Å². The molecule has 28 heavy (non-hydrogen) atoms. The van der Waals surface area contributed by atoms with Crippen molar-refractivity contribution in [3.63, 3.8) is 0 Å². The Bertz CT molecular complexity index is 537. The molecule has 0 spiro atoms. The minimum absolute atomic E-state index is 0. The molecule has 0 aliphatic heterocycles. The molecule has 0 heterocycles. The van der Waals surface area contributed by atoms with Gasteiger partial charge < -0.3 is 24.8 Å². The highest BCUT2D eigenvalue weighted by Crippen LogP contribution is 2.20. The summed E-state index contributed by atoms with van der Waals surface area (Å²) in [6.07, 6.45) is 2.19. The molecular weight excluding hydrogens is 483 g/mol. The van der Waals surface area contributed by atoms with Crippen LogP contribution >= 0.6 is 24.0 Å². The maximum Gasteiger partial charge on any atom is 0.387 e. The van der Waals surface area contributed by atoms with Gasteiger partial charge in [0.25, 0.3) is 0 Å². The first-order chi connectivity index (χ1) is 13.2. The van der Waals surface area contributed by atoms with Crippen LogP contribution in [0.1, 0.15) is 32.3 Å². The van der Waals surface area contributed by atoms with E-state index in [1.54, 1.807) is 18.2 Å². The highest BCUT2D eigenvalue weighted by molar-refractivity contribution is 14.0. The molecule has 162 valence electrons. The number of unbranched alkanes of at least 4 members (excludes halogenated alkanes) is 1. The number of nitrogens with one attached hydrogen (secondary N) is 2. The monoisotopic (exact) mass is 515 g/mol. The van der Waals surface area contributed by atoms with Crippen molar-refractivity contribution >= 4 is 29.9 Å². The van der Waals surface area contributed by atoms with Crippen LogP contribution in [0.2, 0.25) is 0 Å². The van der Waals surface area contributed by atoms with Crippen molar-refractivity contribution in [3.8, 4) is 5.75 Å². The highest BCUT2D eigenvalue weighted by Gasteiger charge is 2.08. The van der Waals surface area contributed by atoms with Gasteiger partial charge in [-0.1, -0.05) is 31.5 Å². The second-order valence-electron chi connectivity index (χ2n) is 5.69. The van der Waals surface area contributed by atoms with Crippen LogP contribution in [0.25, 0.3) is 0 Å². The molecule has 2 N–H and O–H groups in total. The van der Waals surface area contributed by atoms with Crippen molar-refractivity contribution < 1.29 is 23.0 Å². The number of rotatable bonds is 14. The molecule has 0 radical (unpaired) electrons. The summed E-state index contributed by atoms with van der Waals surface area (Å²) in [5, 5.41) is 6.25. The van der Waals surface area contributed by atoms with E-state index in [2.05, 4.69) is 27.3 Å². The van der Waals surface area contributed by atoms with Gasteiger partial charge in [0.2, 0.25) is 0 Å². The predicted molar refractivity (Wildman–Crippen MR) is 118 cm³/mol. The molecule has 0 atom stereocenters. The Morgan fingerprint density at radius 1 is 1.04 bits per heavy atom. The first-order valence-electron chi connectivity index (χ1n) is 9.37. The van der Waals surface area contributed by atoms with Crippen LogP contribution in [0.15, 0.2) is 29.3 Å². The van der Waals surface area contributed by atoms with Gasteiger partial charge in [-0.2, -0.15) is 8.78 Å². The molecule has 9 heteroatoms. The number of alkyl halides is 2. The predicted octanol–water partition coefficient (Wildman–Crippen LogP) is 3.79. The van der Waals surface area contributed by atoms with E-state index in [9.17, 15) is 8.78 Å². The van der Waals surface area contributed by atoms with E-state index in [-0.39, 0.29) is 36.3 Å². The first-order valence-corrected chi connectivity index (χ1v) is 9.37. The summed E-state index contributed by atoms with van der Waals surface area (Å²) in [6.45, 7) is 5.15. The molecule has 0 bridgehead atoms. The van der Waals surface area contributed by atoms with E-state index in [1.165, 1.54) is 6.07 Å². The summed E-state index contributed by atoms with van der Waals surface area (Å²) in [5.74, 6) is 0.727. The third kappa shape index (κ3) is 13.1. The minimum Gasteiger partial charge on any atom is -0.434 e. The van der Waals surface area contributed by atoms with Crippen LogP contribution < -0.4 is 15.4 Å². The van der Waals surface area contributed by atoms with Crippen molar-refractivity contribution in [1.29, 1.82) is 0 Å². The minimum atomic E-state index is -2.86. The van der Waals surface area contributed by atoms with Crippen molar-refractivity contribution in [1.82, 2.24) is 10.6 Å². The summed E-state index contributed by atoms with van der Waals surface area (Å²) in [5.41, 5.74) is 0.593. The Kier molecular flexibility index (Phi) is 17.1. The van der Waals surface area contributed by atoms with Gasteiger partial charge in [-0.25, -0.2) is 4.99 Å². The van der Waals surface area contributed by atoms with Crippen LogP contribution in [0.3, 0.4) is 0 Å². The third-order valence-corrected chi connectivity index (χ3v) is 3.49. The summed E-state index contributed by atoms with van der Waals surface area (Å²) in [6, 6.07) is 6.64. The van der Waals surface area contributed by atoms with Gasteiger partial charge in [-0.05, 0) is 19.4 Å². The second-order valence-corrected chi connectivity index (χ2v) is 5.69. The summed E-state index contributed by atoms with van der Waals surface area (Å²) < 4.78 is 40.4. The zero-order chi connectivity index (χ0) is 19.7. The van der Waals surface area contributed by atoms with Crippen molar-refractivity contribution in [2.75, 3.05) is 39.5 Å². The molecule has 1 aromatic carbocycles. The molecule has 0 saturated heterocycles. The van der Waals surface area contributed by atoms with Gasteiger partial charge in [-0.3, -0.25) is 0 Å². The van der Waals surface area contributed by atoms with E-state index in [0.717, 1.165) is 19.4 Å². The van der Waals surface area contributed by atoms with Gasteiger partial charge in [0.05, 0.1) is 26.4 Å². The third-order valence-electron chi connectivity index (χ3n) is 3.49. The number of para-hydroxylation sites is 1. The Morgan fingerprint density at radius 2 is 1.75 bits per heavy atom. The molecule has 1 aromatic rings. The lowest BCUT2D eigenvalue weighted by molar-refractivity contribution is -0.0504. The highest BCUT2D eigenvalue weighted by atomic mass is 127. The summed E-state index contributed by atoms with van der Waals surface area (Å²) in [4.78, 5) is 4.41. The normalized spacial score (nSPS) is 11.2. The molecule has 0 amide bonds. The number of nitrogens with zero attached hydrogens (tertiary/aromatic N) is 1. The van der Waals surface area contributed by atoms with Crippen LogP contribution in [0.4, 0.5) is 8.78 Å². The second kappa shape index (κ2) is 17.9. The summed E-state index contributed by atoms with van der Waals surface area (Å²) >= 11 is 0. The van der Waals surface area contributed by atoms with Crippen LogP contribution in [0, 0.1) is 0 Å². The zero-order valence-corrected chi connectivity index (χ0v) is 18.9. The molecule has 0 saturated carbocycles. The molecule has 6 nitrogen and oxygen atoms in total. The molecule has 1 rings (SSSR count). The van der Waals surface area contributed by atoms with Crippen LogP contribution in [0.5, 0.6) is 5.75 Å². The smallest absolute Gasteiger partial charge is 0.387 e. The van der Waals surface area contributed by atoms with E-state index < -0.39 is 6.61 Å². The van der Waals surface area contributed by atoms with Gasteiger partial charge >= 0.3 is 6.61 Å². The standard InChI is InChI=1S/C19H31F2N3O3.HI/c1-3-5-11-25-13-14-26-12-10-23-19(22-4-2)24-15-16-8-6-7-9-17(16)27-18(20)21;/h6-9,18H,3-5,10-15H2,1-2H3,(H2,22,23,24);1H. The van der Waals surface area contributed by atoms with E-state index in [1.807, 2.05) is 6.92 Å². The van der Waals surface area contributed by atoms with E-state index in [0.29, 0.717) is 44.4 Å². The zero-order valence-electron chi connectivity index (χ0n) is 16.6. The molecule has 0 unspecified atom stereocenters. The quantitative estimate of drug-likeness (QED) is 0.171. The Morgan fingerprint density at radius 3 is 2.43 bits per heavy atom. The first kappa shape index (κ1) is 26.8. The molecule has 0 fully saturated rings. The van der Waals surface area contributed by atoms with Crippen molar-refractivity contribution in [2.45, 2.75) is 39.8 Å². The van der Waals surface area contributed by atoms with Gasteiger partial charge in [0.15, 0.2) is 5.96 Å². The number of benzene rings is 1. The average molecular weight is 515 g/mol. The van der Waals surface area contributed by atoms with Gasteiger partial charge in [-0.15, -0.1) is 24.0 Å². The number of hydrogen-bond donors (Lipinski definition) is 2. The lowest BCUT2D eigenvalue weighted by Gasteiger charge is -2.13. The number of ether oxygens (including phenoxy) is 3. The average Bonchev–Trinajstić information content (AvgIpc) is 2.65. The fourth-order valence-corrected chi connectivity index (χ4v) is 2.16. The lowest BCUT2D eigenvalue weighted by atomic mass is 10.2. The Labute approximate surface area is 183 Å². The fourth-order valence-electron chi connectivity index (χ4n) is 2.16. The maximum absolute atomic E-state index is 12.5. The van der Waals surface area contributed by atoms with Crippen molar-refractivity contribution in [2.24, 2.45) is 4.99 Å². The van der Waals surface area contributed by atoms with Gasteiger partial charge in [0, 0.05) is 25.3 Å². The molecule has 0 aliphatic carbocycles. The number of halogens is 3. The Hall–Kier alpha value is -1.20. The van der Waals surface area contributed by atoms with Gasteiger partial charge in [0.1, 0.15) is 5.75 Å². The lowest BCUT2D eigenvalue weighted by Crippen LogP contribution is -2.39. The summed E-state index contributed by atoms with van der Waals surface area (Å²) in [7, 11) is 0.